The number of aryl methyl sites for hydroxylation is 2. The maximum absolute atomic E-state index is 14.7. The molecule has 1 aliphatic carbocycles. The molecule has 7 rings (SSSR count). The summed E-state index contributed by atoms with van der Waals surface area (Å²) >= 11 is 0. The summed E-state index contributed by atoms with van der Waals surface area (Å²) in [4.78, 5) is 24.8. The van der Waals surface area contributed by atoms with Crippen molar-refractivity contribution in [1.29, 1.82) is 0 Å². The minimum absolute atomic E-state index is 0.0815. The van der Waals surface area contributed by atoms with Crippen molar-refractivity contribution in [2.75, 3.05) is 11.9 Å². The number of ether oxygens (including phenoxy) is 1. The SMILES string of the molecule is Cc1nn(C)c2c1-c1cnc(NCc3c(F)ccc4c3CCO4)n3cnc(c13)C(=O)N(C1CC1)C2. The normalized spacial score (nSPS) is 16.7. The summed E-state index contributed by atoms with van der Waals surface area (Å²) in [5, 5.41) is 7.93. The van der Waals surface area contributed by atoms with Gasteiger partial charge >= 0.3 is 0 Å². The molecule has 10 heteroatoms. The summed E-state index contributed by atoms with van der Waals surface area (Å²) in [6.45, 7) is 3.27. The zero-order valence-corrected chi connectivity index (χ0v) is 19.5. The Kier molecular flexibility index (Phi) is 4.24. The Morgan fingerprint density at radius 3 is 2.94 bits per heavy atom. The van der Waals surface area contributed by atoms with Gasteiger partial charge in [0.05, 0.1) is 30.1 Å². The fourth-order valence-corrected chi connectivity index (χ4v) is 5.45. The zero-order chi connectivity index (χ0) is 23.8. The summed E-state index contributed by atoms with van der Waals surface area (Å²) in [7, 11) is 1.91. The largest absolute Gasteiger partial charge is 0.493 e. The lowest BCUT2D eigenvalue weighted by molar-refractivity contribution is 0.0722. The van der Waals surface area contributed by atoms with Gasteiger partial charge in [-0.15, -0.1) is 0 Å². The molecular formula is C25H24FN7O2. The maximum atomic E-state index is 14.7. The first-order valence-corrected chi connectivity index (χ1v) is 11.9. The van der Waals surface area contributed by atoms with Gasteiger partial charge in [0.25, 0.3) is 5.91 Å². The second kappa shape index (κ2) is 7.27. The van der Waals surface area contributed by atoms with Crippen molar-refractivity contribution in [1.82, 2.24) is 29.0 Å². The molecule has 1 N–H and O–H groups in total. The van der Waals surface area contributed by atoms with E-state index in [1.165, 1.54) is 6.07 Å². The van der Waals surface area contributed by atoms with E-state index in [0.29, 0.717) is 42.3 Å². The van der Waals surface area contributed by atoms with Crippen LogP contribution in [0.2, 0.25) is 0 Å². The van der Waals surface area contributed by atoms with Crippen LogP contribution in [0.3, 0.4) is 0 Å². The van der Waals surface area contributed by atoms with Gasteiger partial charge in [-0.25, -0.2) is 14.4 Å². The van der Waals surface area contributed by atoms with E-state index in [0.717, 1.165) is 46.7 Å². The Morgan fingerprint density at radius 2 is 2.11 bits per heavy atom. The molecule has 0 atom stereocenters. The Bertz CT molecular complexity index is 1530. The first-order chi connectivity index (χ1) is 17.0. The molecule has 0 radical (unpaired) electrons. The molecular weight excluding hydrogens is 449 g/mol. The molecule has 0 saturated heterocycles. The smallest absolute Gasteiger partial charge is 0.275 e. The number of carbonyl (C=O) groups is 1. The van der Waals surface area contributed by atoms with Gasteiger partial charge in [0, 0.05) is 54.5 Å². The van der Waals surface area contributed by atoms with Gasteiger partial charge in [-0.05, 0) is 31.9 Å². The van der Waals surface area contributed by atoms with Crippen LogP contribution < -0.4 is 10.1 Å². The number of hydrogen-bond donors (Lipinski definition) is 1. The van der Waals surface area contributed by atoms with Crippen LogP contribution in [0.1, 0.15) is 45.8 Å². The summed E-state index contributed by atoms with van der Waals surface area (Å²) in [5.74, 6) is 0.866. The number of halogens is 1. The predicted molar refractivity (Wildman–Crippen MR) is 126 cm³/mol. The highest BCUT2D eigenvalue weighted by Gasteiger charge is 2.38. The number of hydrogen-bond acceptors (Lipinski definition) is 6. The number of nitrogens with zero attached hydrogens (tertiary/aromatic N) is 6. The lowest BCUT2D eigenvalue weighted by Crippen LogP contribution is -2.34. The third-order valence-electron chi connectivity index (χ3n) is 7.31. The van der Waals surface area contributed by atoms with Gasteiger partial charge in [-0.1, -0.05) is 0 Å². The van der Waals surface area contributed by atoms with Crippen molar-refractivity contribution < 1.29 is 13.9 Å². The Hall–Kier alpha value is -3.95. The highest BCUT2D eigenvalue weighted by atomic mass is 19.1. The molecule has 1 aromatic carbocycles. The van der Waals surface area contributed by atoms with E-state index in [1.54, 1.807) is 23.0 Å². The van der Waals surface area contributed by atoms with Crippen LogP contribution in [0.15, 0.2) is 24.7 Å². The van der Waals surface area contributed by atoms with Crippen LogP contribution in [0.5, 0.6) is 5.75 Å². The Labute approximate surface area is 200 Å². The molecule has 35 heavy (non-hydrogen) atoms. The molecule has 1 fully saturated rings. The summed E-state index contributed by atoms with van der Waals surface area (Å²) in [6.07, 6.45) is 6.07. The van der Waals surface area contributed by atoms with E-state index in [-0.39, 0.29) is 24.3 Å². The van der Waals surface area contributed by atoms with Crippen LogP contribution in [-0.2, 0) is 26.6 Å². The first kappa shape index (κ1) is 20.4. The van der Waals surface area contributed by atoms with Gasteiger partial charge in [0.15, 0.2) is 5.69 Å². The number of fused-ring (bicyclic) bond motifs is 3. The molecule has 3 aliphatic rings. The summed E-state index contributed by atoms with van der Waals surface area (Å²) in [6, 6.07) is 3.35. The molecule has 0 spiro atoms. The average Bonchev–Trinajstić information content (AvgIpc) is 3.27. The van der Waals surface area contributed by atoms with Gasteiger partial charge in [0.2, 0.25) is 5.95 Å². The molecule has 0 unspecified atom stereocenters. The van der Waals surface area contributed by atoms with E-state index in [2.05, 4.69) is 20.4 Å². The first-order valence-electron chi connectivity index (χ1n) is 11.9. The number of benzene rings is 1. The minimum Gasteiger partial charge on any atom is -0.493 e. The van der Waals surface area contributed by atoms with E-state index in [4.69, 9.17) is 4.74 Å². The summed E-state index contributed by atoms with van der Waals surface area (Å²) < 4.78 is 23.9. The van der Waals surface area contributed by atoms with Gasteiger partial charge in [-0.2, -0.15) is 5.10 Å². The molecule has 5 heterocycles. The fraction of sp³-hybridized carbons (Fsp3) is 0.360. The van der Waals surface area contributed by atoms with Crippen LogP contribution >= 0.6 is 0 Å². The number of amides is 1. The standard InChI is InChI=1S/C25H24FN7O2/c1-13-21-17-10-28-25(27-9-16-15-7-8-35-20(15)6-5-18(16)26)33-12-29-22(23(17)33)24(34)32(14-3-4-14)11-19(21)31(2)30-13/h5-6,10,12,14H,3-4,7-9,11H2,1-2H3,(H,27,28). The van der Waals surface area contributed by atoms with Crippen molar-refractivity contribution in [3.05, 3.63) is 58.7 Å². The van der Waals surface area contributed by atoms with Gasteiger partial charge in [0.1, 0.15) is 17.9 Å². The highest BCUT2D eigenvalue weighted by molar-refractivity contribution is 6.04. The predicted octanol–water partition coefficient (Wildman–Crippen LogP) is 3.24. The lowest BCUT2D eigenvalue weighted by atomic mass is 10.0. The maximum Gasteiger partial charge on any atom is 0.275 e. The number of anilines is 1. The minimum atomic E-state index is -0.277. The third-order valence-corrected chi connectivity index (χ3v) is 7.31. The van der Waals surface area contributed by atoms with Crippen molar-refractivity contribution in [2.45, 2.75) is 45.3 Å². The molecule has 178 valence electrons. The number of carbonyl (C=O) groups excluding carboxylic acids is 1. The summed E-state index contributed by atoms with van der Waals surface area (Å²) in [5.41, 5.74) is 6.24. The van der Waals surface area contributed by atoms with E-state index in [1.807, 2.05) is 23.6 Å². The molecule has 9 nitrogen and oxygen atoms in total. The number of imidazole rings is 1. The molecule has 1 saturated carbocycles. The van der Waals surface area contributed by atoms with Crippen molar-refractivity contribution in [3.63, 3.8) is 0 Å². The monoisotopic (exact) mass is 473 g/mol. The average molecular weight is 474 g/mol. The third kappa shape index (κ3) is 2.98. The van der Waals surface area contributed by atoms with Crippen molar-refractivity contribution in [2.24, 2.45) is 7.05 Å². The van der Waals surface area contributed by atoms with Crippen molar-refractivity contribution >= 4 is 17.4 Å². The quantitative estimate of drug-likeness (QED) is 0.490. The molecule has 2 aliphatic heterocycles. The Morgan fingerprint density at radius 1 is 1.26 bits per heavy atom. The van der Waals surface area contributed by atoms with E-state index >= 15 is 0 Å². The lowest BCUT2D eigenvalue weighted by Gasteiger charge is -2.25. The molecule has 1 amide bonds. The molecule has 0 bridgehead atoms. The molecule has 4 aromatic rings. The van der Waals surface area contributed by atoms with Crippen LogP contribution in [0.25, 0.3) is 16.6 Å². The van der Waals surface area contributed by atoms with Crippen LogP contribution in [0.4, 0.5) is 10.3 Å². The number of rotatable bonds is 4. The molecule has 3 aromatic heterocycles. The topological polar surface area (TPSA) is 89.6 Å². The van der Waals surface area contributed by atoms with Crippen LogP contribution in [0, 0.1) is 12.7 Å². The van der Waals surface area contributed by atoms with Crippen molar-refractivity contribution in [3.8, 4) is 16.9 Å². The fourth-order valence-electron chi connectivity index (χ4n) is 5.45. The highest BCUT2D eigenvalue weighted by Crippen LogP contribution is 2.39. The van der Waals surface area contributed by atoms with E-state index < -0.39 is 0 Å². The van der Waals surface area contributed by atoms with Gasteiger partial charge < -0.3 is 15.0 Å². The van der Waals surface area contributed by atoms with Gasteiger partial charge in [-0.3, -0.25) is 13.9 Å². The number of nitrogens with one attached hydrogen (secondary N) is 1. The Balaban J connectivity index is 1.36. The second-order valence-corrected chi connectivity index (χ2v) is 9.46. The second-order valence-electron chi connectivity index (χ2n) is 9.46. The van der Waals surface area contributed by atoms with Crippen LogP contribution in [-0.4, -0.2) is 47.6 Å². The zero-order valence-electron chi connectivity index (χ0n) is 19.5. The number of aromatic nitrogens is 5. The van der Waals surface area contributed by atoms with E-state index in [9.17, 15) is 9.18 Å².